The van der Waals surface area contributed by atoms with E-state index in [2.05, 4.69) is 11.4 Å². The summed E-state index contributed by atoms with van der Waals surface area (Å²) >= 11 is 6.92. The maximum absolute atomic E-state index is 5.20. The SMILES string of the molecule is C/C=C1/Sc2ccccc2NC1=S. The van der Waals surface area contributed by atoms with Gasteiger partial charge in [0.05, 0.1) is 5.69 Å². The number of hydrogen-bond donors (Lipinski definition) is 1. The van der Waals surface area contributed by atoms with E-state index in [1.54, 1.807) is 11.8 Å². The molecule has 1 aliphatic heterocycles. The number of para-hydroxylation sites is 1. The lowest BCUT2D eigenvalue weighted by Crippen LogP contribution is -2.14. The summed E-state index contributed by atoms with van der Waals surface area (Å²) in [6, 6.07) is 8.18. The van der Waals surface area contributed by atoms with E-state index < -0.39 is 0 Å². The fraction of sp³-hybridized carbons (Fsp3) is 0.100. The van der Waals surface area contributed by atoms with Crippen molar-refractivity contribution >= 4 is 34.7 Å². The Bertz CT molecular complexity index is 382. The molecule has 13 heavy (non-hydrogen) atoms. The van der Waals surface area contributed by atoms with Gasteiger partial charge in [0.2, 0.25) is 0 Å². The standard InChI is InChI=1S/C10H9NS2/c1-2-8-10(12)11-7-5-3-4-6-9(7)13-8/h2-6H,1H3,(H,11,12)/b8-2+. The van der Waals surface area contributed by atoms with E-state index in [-0.39, 0.29) is 0 Å². The second kappa shape index (κ2) is 3.52. The smallest absolute Gasteiger partial charge is 0.117 e. The van der Waals surface area contributed by atoms with E-state index in [9.17, 15) is 0 Å². The Morgan fingerprint density at radius 3 is 2.92 bits per heavy atom. The van der Waals surface area contributed by atoms with Crippen LogP contribution in [0.2, 0.25) is 0 Å². The molecule has 1 aliphatic rings. The highest BCUT2D eigenvalue weighted by Crippen LogP contribution is 2.37. The van der Waals surface area contributed by atoms with Crippen molar-refractivity contribution in [2.45, 2.75) is 11.8 Å². The summed E-state index contributed by atoms with van der Waals surface area (Å²) in [4.78, 5) is 3.20. The molecule has 0 saturated carbocycles. The summed E-state index contributed by atoms with van der Waals surface area (Å²) in [6.45, 7) is 2.00. The Labute approximate surface area is 87.2 Å². The molecule has 1 aromatic carbocycles. The van der Waals surface area contributed by atoms with Crippen molar-refractivity contribution in [3.8, 4) is 0 Å². The number of thiocarbonyl (C=S) groups is 1. The number of hydrogen-bond acceptors (Lipinski definition) is 2. The predicted molar refractivity (Wildman–Crippen MR) is 62.3 cm³/mol. The summed E-state index contributed by atoms with van der Waals surface area (Å²) in [5.74, 6) is 0. The van der Waals surface area contributed by atoms with Crippen molar-refractivity contribution < 1.29 is 0 Å². The van der Waals surface area contributed by atoms with Gasteiger partial charge in [-0.1, -0.05) is 42.2 Å². The van der Waals surface area contributed by atoms with Crippen LogP contribution in [0.3, 0.4) is 0 Å². The Morgan fingerprint density at radius 2 is 2.15 bits per heavy atom. The molecule has 0 radical (unpaired) electrons. The third-order valence-corrected chi connectivity index (χ3v) is 3.53. The molecular formula is C10H9NS2. The van der Waals surface area contributed by atoms with E-state index in [0.717, 1.165) is 15.6 Å². The molecule has 0 saturated heterocycles. The fourth-order valence-corrected chi connectivity index (χ4v) is 2.42. The molecular weight excluding hydrogens is 198 g/mol. The van der Waals surface area contributed by atoms with Gasteiger partial charge in [-0.2, -0.15) is 0 Å². The molecule has 0 amide bonds. The van der Waals surface area contributed by atoms with Crippen LogP contribution in [0.25, 0.3) is 0 Å². The van der Waals surface area contributed by atoms with E-state index >= 15 is 0 Å². The van der Waals surface area contributed by atoms with E-state index in [1.165, 1.54) is 4.90 Å². The average molecular weight is 207 g/mol. The molecule has 1 aromatic rings. The van der Waals surface area contributed by atoms with Gasteiger partial charge in [-0.05, 0) is 19.1 Å². The van der Waals surface area contributed by atoms with Crippen LogP contribution < -0.4 is 5.32 Å². The van der Waals surface area contributed by atoms with Gasteiger partial charge >= 0.3 is 0 Å². The highest BCUT2D eigenvalue weighted by molar-refractivity contribution is 8.05. The van der Waals surface area contributed by atoms with Gasteiger partial charge in [0.15, 0.2) is 0 Å². The van der Waals surface area contributed by atoms with Gasteiger partial charge in [-0.15, -0.1) is 0 Å². The number of thioether (sulfide) groups is 1. The quantitative estimate of drug-likeness (QED) is 0.517. The predicted octanol–water partition coefficient (Wildman–Crippen LogP) is 3.44. The Kier molecular flexibility index (Phi) is 2.38. The monoisotopic (exact) mass is 207 g/mol. The fourth-order valence-electron chi connectivity index (χ4n) is 1.20. The summed E-state index contributed by atoms with van der Waals surface area (Å²) in [5, 5.41) is 3.20. The molecule has 1 N–H and O–H groups in total. The lowest BCUT2D eigenvalue weighted by Gasteiger charge is -2.20. The first-order valence-corrected chi connectivity index (χ1v) is 5.28. The Hall–Kier alpha value is -0.800. The van der Waals surface area contributed by atoms with Crippen molar-refractivity contribution in [1.82, 2.24) is 0 Å². The number of rotatable bonds is 0. The van der Waals surface area contributed by atoms with E-state index in [1.807, 2.05) is 31.2 Å². The van der Waals surface area contributed by atoms with Crippen LogP contribution in [0, 0.1) is 0 Å². The molecule has 0 unspecified atom stereocenters. The first-order chi connectivity index (χ1) is 6.31. The van der Waals surface area contributed by atoms with Gasteiger partial charge in [0.25, 0.3) is 0 Å². The van der Waals surface area contributed by atoms with Gasteiger partial charge in [-0.3, -0.25) is 0 Å². The van der Waals surface area contributed by atoms with Crippen LogP contribution in [-0.4, -0.2) is 4.99 Å². The third kappa shape index (κ3) is 1.62. The molecule has 1 nitrogen and oxygen atoms in total. The first kappa shape index (κ1) is 8.78. The van der Waals surface area contributed by atoms with Crippen molar-refractivity contribution in [2.24, 2.45) is 0 Å². The zero-order valence-corrected chi connectivity index (χ0v) is 8.84. The van der Waals surface area contributed by atoms with Gasteiger partial charge < -0.3 is 5.32 Å². The lowest BCUT2D eigenvalue weighted by molar-refractivity contribution is 1.43. The topological polar surface area (TPSA) is 12.0 Å². The average Bonchev–Trinajstić information content (AvgIpc) is 2.17. The molecule has 0 bridgehead atoms. The zero-order valence-electron chi connectivity index (χ0n) is 7.20. The van der Waals surface area contributed by atoms with Gasteiger partial charge in [0, 0.05) is 9.80 Å². The minimum atomic E-state index is 0.825. The Morgan fingerprint density at radius 1 is 1.38 bits per heavy atom. The molecule has 0 fully saturated rings. The number of anilines is 1. The van der Waals surface area contributed by atoms with Crippen LogP contribution in [-0.2, 0) is 0 Å². The number of nitrogens with one attached hydrogen (secondary N) is 1. The second-order valence-electron chi connectivity index (χ2n) is 2.71. The minimum absolute atomic E-state index is 0.825. The number of allylic oxidation sites excluding steroid dienone is 1. The summed E-state index contributed by atoms with van der Waals surface area (Å²) in [6.07, 6.45) is 2.04. The van der Waals surface area contributed by atoms with Crippen molar-refractivity contribution in [3.05, 3.63) is 35.2 Å². The molecule has 0 aromatic heterocycles. The van der Waals surface area contributed by atoms with E-state index in [0.29, 0.717) is 0 Å². The second-order valence-corrected chi connectivity index (χ2v) is 4.20. The number of benzene rings is 1. The van der Waals surface area contributed by atoms with Gasteiger partial charge in [0.1, 0.15) is 4.99 Å². The largest absolute Gasteiger partial charge is 0.345 e. The summed E-state index contributed by atoms with van der Waals surface area (Å²) in [5.41, 5.74) is 1.11. The van der Waals surface area contributed by atoms with Gasteiger partial charge in [-0.25, -0.2) is 0 Å². The van der Waals surface area contributed by atoms with Crippen molar-refractivity contribution in [3.63, 3.8) is 0 Å². The van der Waals surface area contributed by atoms with Crippen LogP contribution in [0.15, 0.2) is 40.1 Å². The lowest BCUT2D eigenvalue weighted by atomic mass is 10.3. The molecule has 2 rings (SSSR count). The third-order valence-electron chi connectivity index (χ3n) is 1.84. The molecule has 0 spiro atoms. The maximum Gasteiger partial charge on any atom is 0.117 e. The molecule has 0 aliphatic carbocycles. The maximum atomic E-state index is 5.20. The first-order valence-electron chi connectivity index (χ1n) is 4.06. The van der Waals surface area contributed by atoms with E-state index in [4.69, 9.17) is 12.2 Å². The highest BCUT2D eigenvalue weighted by atomic mass is 32.2. The molecule has 66 valence electrons. The summed E-state index contributed by atoms with van der Waals surface area (Å²) < 4.78 is 0. The van der Waals surface area contributed by atoms with Crippen LogP contribution >= 0.6 is 24.0 Å². The molecule has 3 heteroatoms. The van der Waals surface area contributed by atoms with Crippen LogP contribution in [0.4, 0.5) is 5.69 Å². The van der Waals surface area contributed by atoms with Crippen LogP contribution in [0.1, 0.15) is 6.92 Å². The zero-order chi connectivity index (χ0) is 9.26. The Balaban J connectivity index is 2.44. The summed E-state index contributed by atoms with van der Waals surface area (Å²) in [7, 11) is 0. The van der Waals surface area contributed by atoms with Crippen molar-refractivity contribution in [1.29, 1.82) is 0 Å². The van der Waals surface area contributed by atoms with Crippen molar-refractivity contribution in [2.75, 3.05) is 5.32 Å². The molecule has 1 heterocycles. The van der Waals surface area contributed by atoms with Crippen LogP contribution in [0.5, 0.6) is 0 Å². The minimum Gasteiger partial charge on any atom is -0.345 e. The number of fused-ring (bicyclic) bond motifs is 1. The normalized spacial score (nSPS) is 18.2. The highest BCUT2D eigenvalue weighted by Gasteiger charge is 2.15. The molecule has 0 atom stereocenters.